The van der Waals surface area contributed by atoms with Crippen molar-refractivity contribution in [3.63, 3.8) is 0 Å². The number of thioether (sulfide) groups is 1. The van der Waals surface area contributed by atoms with E-state index in [1.54, 1.807) is 0 Å². The highest BCUT2D eigenvalue weighted by molar-refractivity contribution is 8.13. The lowest BCUT2D eigenvalue weighted by atomic mass is 9.91. The Bertz CT molecular complexity index is 819. The minimum Gasteiger partial charge on any atom is -0.466 e. The first-order valence-corrected chi connectivity index (χ1v) is 9.04. The highest BCUT2D eigenvalue weighted by Crippen LogP contribution is 2.48. The molecule has 0 aromatic heterocycles. The van der Waals surface area contributed by atoms with Crippen LogP contribution in [0, 0.1) is 0 Å². The summed E-state index contributed by atoms with van der Waals surface area (Å²) in [6, 6.07) is 17.5. The van der Waals surface area contributed by atoms with E-state index in [0.29, 0.717) is 6.04 Å². The van der Waals surface area contributed by atoms with E-state index in [4.69, 9.17) is 9.73 Å². The topological polar surface area (TPSA) is 24.8 Å². The molecule has 116 valence electrons. The summed E-state index contributed by atoms with van der Waals surface area (Å²) in [5, 5.41) is 1.12. The van der Waals surface area contributed by atoms with Crippen LogP contribution in [0.5, 0.6) is 5.75 Å². The number of ether oxygens (including phenoxy) is 1. The highest BCUT2D eigenvalue weighted by atomic mass is 32.2. The van der Waals surface area contributed by atoms with Crippen LogP contribution >= 0.6 is 11.8 Å². The van der Waals surface area contributed by atoms with Gasteiger partial charge in [-0.05, 0) is 24.1 Å². The predicted molar refractivity (Wildman–Crippen MR) is 93.5 cm³/mol. The van der Waals surface area contributed by atoms with Crippen molar-refractivity contribution in [1.82, 2.24) is 4.90 Å². The molecule has 3 nitrogen and oxygen atoms in total. The Balaban J connectivity index is 1.65. The zero-order valence-electron chi connectivity index (χ0n) is 13.0. The van der Waals surface area contributed by atoms with Crippen LogP contribution in [-0.2, 0) is 12.3 Å². The number of para-hydroxylation sites is 1. The van der Waals surface area contributed by atoms with Crippen LogP contribution in [0.2, 0.25) is 0 Å². The lowest BCUT2D eigenvalue weighted by molar-refractivity contribution is 0.0233. The van der Waals surface area contributed by atoms with Crippen LogP contribution in [0.1, 0.15) is 36.1 Å². The maximum Gasteiger partial charge on any atom is 0.202 e. The van der Waals surface area contributed by atoms with Gasteiger partial charge in [0.15, 0.2) is 5.17 Å². The predicted octanol–water partition coefficient (Wildman–Crippen LogP) is 4.35. The molecule has 4 heteroatoms. The lowest BCUT2D eigenvalue weighted by Gasteiger charge is -2.47. The van der Waals surface area contributed by atoms with E-state index in [1.807, 2.05) is 17.8 Å². The molecule has 2 atom stereocenters. The molecule has 2 bridgehead atoms. The fourth-order valence-corrected chi connectivity index (χ4v) is 5.00. The molecule has 0 unspecified atom stereocenters. The van der Waals surface area contributed by atoms with E-state index in [9.17, 15) is 0 Å². The van der Waals surface area contributed by atoms with Crippen molar-refractivity contribution >= 4 is 16.9 Å². The normalized spacial score (nSPS) is 27.8. The summed E-state index contributed by atoms with van der Waals surface area (Å²) in [6.45, 7) is 3.04. The van der Waals surface area contributed by atoms with Gasteiger partial charge < -0.3 is 9.64 Å². The number of aliphatic imine (C=N–C) groups is 1. The fraction of sp³-hybridized carbons (Fsp3) is 0.316. The summed E-state index contributed by atoms with van der Waals surface area (Å²) < 4.78 is 6.23. The van der Waals surface area contributed by atoms with Crippen molar-refractivity contribution in [2.45, 2.75) is 37.4 Å². The van der Waals surface area contributed by atoms with Gasteiger partial charge in [-0.15, -0.1) is 0 Å². The van der Waals surface area contributed by atoms with Crippen LogP contribution < -0.4 is 4.74 Å². The summed E-state index contributed by atoms with van der Waals surface area (Å²) in [6.07, 6.45) is 0.913. The molecular weight excluding hydrogens is 304 g/mol. The second kappa shape index (κ2) is 4.78. The van der Waals surface area contributed by atoms with Gasteiger partial charge in [0.25, 0.3) is 0 Å². The van der Waals surface area contributed by atoms with E-state index in [1.165, 1.54) is 16.7 Å². The molecule has 0 radical (unpaired) electrons. The molecule has 3 aliphatic rings. The van der Waals surface area contributed by atoms with Gasteiger partial charge >= 0.3 is 0 Å². The fourth-order valence-electron chi connectivity index (χ4n) is 3.81. The molecule has 0 N–H and O–H groups in total. The van der Waals surface area contributed by atoms with Crippen LogP contribution in [-0.4, -0.2) is 15.8 Å². The smallest absolute Gasteiger partial charge is 0.202 e. The maximum absolute atomic E-state index is 6.23. The molecule has 0 amide bonds. The first-order chi connectivity index (χ1) is 11.2. The molecule has 0 saturated carbocycles. The van der Waals surface area contributed by atoms with Crippen LogP contribution in [0.25, 0.3) is 0 Å². The van der Waals surface area contributed by atoms with Crippen molar-refractivity contribution in [2.24, 2.45) is 4.99 Å². The molecule has 5 rings (SSSR count). The van der Waals surface area contributed by atoms with Crippen molar-refractivity contribution in [3.8, 4) is 5.75 Å². The molecular formula is C19H18N2OS. The molecule has 23 heavy (non-hydrogen) atoms. The monoisotopic (exact) mass is 322 g/mol. The van der Waals surface area contributed by atoms with Crippen LogP contribution in [0.3, 0.4) is 0 Å². The molecule has 0 fully saturated rings. The van der Waals surface area contributed by atoms with E-state index in [-0.39, 0.29) is 0 Å². The number of hydrogen-bond donors (Lipinski definition) is 0. The average molecular weight is 322 g/mol. The van der Waals surface area contributed by atoms with Gasteiger partial charge in [0, 0.05) is 24.3 Å². The Kier molecular flexibility index (Phi) is 2.80. The van der Waals surface area contributed by atoms with Gasteiger partial charge in [0.2, 0.25) is 5.72 Å². The second-order valence-corrected chi connectivity index (χ2v) is 7.56. The molecule has 3 heterocycles. The SMILES string of the molecule is C[C@@]12C[C@H](c3ccccc3O1)N1Cc3ccccc3CSC1=N2. The quantitative estimate of drug-likeness (QED) is 0.721. The lowest BCUT2D eigenvalue weighted by Crippen LogP contribution is -2.49. The number of nitrogens with zero attached hydrogens (tertiary/aromatic N) is 2. The minimum absolute atomic E-state index is 0.344. The Labute approximate surface area is 140 Å². The van der Waals surface area contributed by atoms with Crippen molar-refractivity contribution in [1.29, 1.82) is 0 Å². The number of rotatable bonds is 0. The Morgan fingerprint density at radius 1 is 1.13 bits per heavy atom. The number of fused-ring (bicyclic) bond motifs is 7. The van der Waals surface area contributed by atoms with E-state index < -0.39 is 5.72 Å². The van der Waals surface area contributed by atoms with Crippen LogP contribution in [0.15, 0.2) is 53.5 Å². The van der Waals surface area contributed by atoms with Gasteiger partial charge in [0.05, 0.1) is 6.04 Å². The molecule has 2 aromatic carbocycles. The first-order valence-electron chi connectivity index (χ1n) is 8.06. The molecule has 0 saturated heterocycles. The summed E-state index contributed by atoms with van der Waals surface area (Å²) in [4.78, 5) is 7.45. The molecule has 0 spiro atoms. The zero-order valence-corrected chi connectivity index (χ0v) is 13.8. The Morgan fingerprint density at radius 2 is 1.91 bits per heavy atom. The summed E-state index contributed by atoms with van der Waals surface area (Å²) in [5.41, 5.74) is 3.69. The summed E-state index contributed by atoms with van der Waals surface area (Å²) >= 11 is 1.84. The third-order valence-electron chi connectivity index (χ3n) is 4.95. The Hall–Kier alpha value is -1.94. The van der Waals surface area contributed by atoms with E-state index in [0.717, 1.165) is 29.6 Å². The van der Waals surface area contributed by atoms with Crippen molar-refractivity contribution in [3.05, 3.63) is 65.2 Å². The van der Waals surface area contributed by atoms with Gasteiger partial charge in [-0.25, -0.2) is 4.99 Å². The molecule has 3 aliphatic heterocycles. The van der Waals surface area contributed by atoms with Gasteiger partial charge in [0.1, 0.15) is 5.75 Å². The number of benzene rings is 2. The standard InChI is InChI=1S/C19H18N2OS/c1-19-10-16(15-8-4-5-9-17(15)22-19)21-11-13-6-2-3-7-14(13)12-23-18(21)20-19/h2-9,16H,10-12H2,1H3/t16-,19+/m1/s1. The van der Waals surface area contributed by atoms with Gasteiger partial charge in [-0.1, -0.05) is 54.2 Å². The van der Waals surface area contributed by atoms with Crippen molar-refractivity contribution < 1.29 is 4.74 Å². The third kappa shape index (κ3) is 2.08. The Morgan fingerprint density at radius 3 is 2.83 bits per heavy atom. The highest BCUT2D eigenvalue weighted by Gasteiger charge is 2.45. The van der Waals surface area contributed by atoms with Gasteiger partial charge in [-0.2, -0.15) is 0 Å². The minimum atomic E-state index is -0.436. The van der Waals surface area contributed by atoms with Gasteiger partial charge in [-0.3, -0.25) is 0 Å². The largest absolute Gasteiger partial charge is 0.466 e. The molecule has 2 aromatic rings. The van der Waals surface area contributed by atoms with Crippen molar-refractivity contribution in [2.75, 3.05) is 0 Å². The second-order valence-electron chi connectivity index (χ2n) is 6.61. The molecule has 0 aliphatic carbocycles. The average Bonchev–Trinajstić information content (AvgIpc) is 2.74. The third-order valence-corrected chi connectivity index (χ3v) is 5.99. The summed E-state index contributed by atoms with van der Waals surface area (Å²) in [7, 11) is 0. The summed E-state index contributed by atoms with van der Waals surface area (Å²) in [5.74, 6) is 1.97. The number of hydrogen-bond acceptors (Lipinski definition) is 4. The zero-order chi connectivity index (χ0) is 15.4. The van der Waals surface area contributed by atoms with E-state index in [2.05, 4.69) is 54.3 Å². The van der Waals surface area contributed by atoms with E-state index >= 15 is 0 Å². The first kappa shape index (κ1) is 13.5. The maximum atomic E-state index is 6.23. The number of amidine groups is 1. The van der Waals surface area contributed by atoms with Crippen LogP contribution in [0.4, 0.5) is 0 Å².